The Balaban J connectivity index is 2.20. The fourth-order valence-electron chi connectivity index (χ4n) is 1.95. The summed E-state index contributed by atoms with van der Waals surface area (Å²) in [6.45, 7) is 3.41. The van der Waals surface area contributed by atoms with Gasteiger partial charge >= 0.3 is 5.69 Å². The summed E-state index contributed by atoms with van der Waals surface area (Å²) in [4.78, 5) is 12.0. The molecule has 1 heterocycles. The second kappa shape index (κ2) is 5.58. The third-order valence-corrected chi connectivity index (χ3v) is 2.87. The molecule has 96 valence electrons. The summed E-state index contributed by atoms with van der Waals surface area (Å²) in [5.41, 5.74) is 1.10. The van der Waals surface area contributed by atoms with Gasteiger partial charge in [0.2, 0.25) is 0 Å². The summed E-state index contributed by atoms with van der Waals surface area (Å²) in [7, 11) is 1.64. The average molecular weight is 246 g/mol. The highest BCUT2D eigenvalue weighted by Gasteiger charge is 2.03. The maximum atomic E-state index is 12.0. The number of rotatable bonds is 5. The van der Waals surface area contributed by atoms with E-state index in [9.17, 15) is 4.79 Å². The number of hydrogen-bond donors (Lipinski definition) is 0. The Kier molecular flexibility index (Phi) is 3.87. The molecule has 2 aromatic rings. The molecular formula is C14H18N2O2. The summed E-state index contributed by atoms with van der Waals surface area (Å²) in [5, 5.41) is 0. The highest BCUT2D eigenvalue weighted by molar-refractivity contribution is 5.28. The van der Waals surface area contributed by atoms with E-state index in [-0.39, 0.29) is 5.69 Å². The van der Waals surface area contributed by atoms with Gasteiger partial charge in [-0.2, -0.15) is 0 Å². The fourth-order valence-corrected chi connectivity index (χ4v) is 1.95. The van der Waals surface area contributed by atoms with E-state index >= 15 is 0 Å². The molecule has 0 atom stereocenters. The van der Waals surface area contributed by atoms with E-state index in [0.29, 0.717) is 6.54 Å². The minimum Gasteiger partial charge on any atom is -0.497 e. The lowest BCUT2D eigenvalue weighted by Gasteiger charge is -2.05. The van der Waals surface area contributed by atoms with Gasteiger partial charge < -0.3 is 4.74 Å². The first-order chi connectivity index (χ1) is 8.74. The van der Waals surface area contributed by atoms with Gasteiger partial charge in [0.25, 0.3) is 0 Å². The van der Waals surface area contributed by atoms with Gasteiger partial charge in [-0.25, -0.2) is 4.79 Å². The molecule has 18 heavy (non-hydrogen) atoms. The highest BCUT2D eigenvalue weighted by atomic mass is 16.5. The lowest BCUT2D eigenvalue weighted by atomic mass is 10.2. The highest BCUT2D eigenvalue weighted by Crippen LogP contribution is 2.13. The fraction of sp³-hybridized carbons (Fsp3) is 0.357. The number of nitrogens with zero attached hydrogens (tertiary/aromatic N) is 2. The van der Waals surface area contributed by atoms with Crippen LogP contribution in [0.15, 0.2) is 41.5 Å². The first-order valence-electron chi connectivity index (χ1n) is 6.13. The predicted molar refractivity (Wildman–Crippen MR) is 71.1 cm³/mol. The standard InChI is InChI=1S/C14H18N2O2/c1-3-7-15-8-9-16(14(15)17)11-12-5-4-6-13(10-12)18-2/h4-6,8-10H,3,7,11H2,1-2H3. The SMILES string of the molecule is CCCn1ccn(Cc2cccc(OC)c2)c1=O. The van der Waals surface area contributed by atoms with Crippen molar-refractivity contribution in [3.05, 3.63) is 52.7 Å². The summed E-state index contributed by atoms with van der Waals surface area (Å²) >= 11 is 0. The van der Waals surface area contributed by atoms with E-state index in [1.54, 1.807) is 16.2 Å². The molecule has 0 amide bonds. The van der Waals surface area contributed by atoms with Gasteiger partial charge in [0, 0.05) is 18.9 Å². The van der Waals surface area contributed by atoms with Crippen LogP contribution in [0.1, 0.15) is 18.9 Å². The number of hydrogen-bond acceptors (Lipinski definition) is 2. The Bertz CT molecular complexity index is 569. The lowest BCUT2D eigenvalue weighted by molar-refractivity contribution is 0.414. The Morgan fingerprint density at radius 1 is 1.22 bits per heavy atom. The van der Waals surface area contributed by atoms with Crippen LogP contribution >= 0.6 is 0 Å². The number of aromatic nitrogens is 2. The van der Waals surface area contributed by atoms with Gasteiger partial charge in [-0.05, 0) is 24.1 Å². The van der Waals surface area contributed by atoms with Gasteiger partial charge in [0.05, 0.1) is 13.7 Å². The molecule has 0 aliphatic carbocycles. The molecule has 0 saturated carbocycles. The number of ether oxygens (including phenoxy) is 1. The van der Waals surface area contributed by atoms with E-state index < -0.39 is 0 Å². The van der Waals surface area contributed by atoms with Gasteiger partial charge in [-0.3, -0.25) is 9.13 Å². The number of imidazole rings is 1. The van der Waals surface area contributed by atoms with Crippen molar-refractivity contribution in [3.63, 3.8) is 0 Å². The monoisotopic (exact) mass is 246 g/mol. The second-order valence-corrected chi connectivity index (χ2v) is 4.25. The smallest absolute Gasteiger partial charge is 0.328 e. The van der Waals surface area contributed by atoms with Crippen molar-refractivity contribution in [2.45, 2.75) is 26.4 Å². The minimum absolute atomic E-state index is 0.0414. The molecule has 0 aliphatic heterocycles. The Labute approximate surface area is 106 Å². The van der Waals surface area contributed by atoms with Crippen molar-refractivity contribution >= 4 is 0 Å². The maximum absolute atomic E-state index is 12.0. The molecule has 1 aromatic heterocycles. The van der Waals surface area contributed by atoms with Crippen LogP contribution in [-0.2, 0) is 13.1 Å². The average Bonchev–Trinajstić information content (AvgIpc) is 2.72. The molecule has 2 rings (SSSR count). The van der Waals surface area contributed by atoms with E-state index in [2.05, 4.69) is 6.92 Å². The van der Waals surface area contributed by atoms with Crippen LogP contribution in [0.2, 0.25) is 0 Å². The first-order valence-corrected chi connectivity index (χ1v) is 6.13. The first kappa shape index (κ1) is 12.5. The third-order valence-electron chi connectivity index (χ3n) is 2.87. The molecular weight excluding hydrogens is 228 g/mol. The number of methoxy groups -OCH3 is 1. The van der Waals surface area contributed by atoms with Crippen LogP contribution in [-0.4, -0.2) is 16.2 Å². The van der Waals surface area contributed by atoms with E-state index in [1.807, 2.05) is 36.7 Å². The summed E-state index contributed by atoms with van der Waals surface area (Å²) < 4.78 is 8.62. The van der Waals surface area contributed by atoms with Crippen molar-refractivity contribution in [2.24, 2.45) is 0 Å². The molecule has 0 bridgehead atoms. The molecule has 0 unspecified atom stereocenters. The molecule has 0 aliphatic rings. The van der Waals surface area contributed by atoms with Crippen molar-refractivity contribution in [1.82, 2.24) is 9.13 Å². The van der Waals surface area contributed by atoms with Crippen LogP contribution in [0.25, 0.3) is 0 Å². The Hall–Kier alpha value is -1.97. The lowest BCUT2D eigenvalue weighted by Crippen LogP contribution is -2.24. The molecule has 0 fully saturated rings. The molecule has 1 aromatic carbocycles. The van der Waals surface area contributed by atoms with E-state index in [1.165, 1.54) is 0 Å². The van der Waals surface area contributed by atoms with Crippen molar-refractivity contribution < 1.29 is 4.74 Å². The topological polar surface area (TPSA) is 36.2 Å². The zero-order valence-electron chi connectivity index (χ0n) is 10.8. The largest absolute Gasteiger partial charge is 0.497 e. The van der Waals surface area contributed by atoms with Crippen LogP contribution in [0.4, 0.5) is 0 Å². The zero-order chi connectivity index (χ0) is 13.0. The van der Waals surface area contributed by atoms with E-state index in [4.69, 9.17) is 4.74 Å². The summed E-state index contributed by atoms with van der Waals surface area (Å²) in [6, 6.07) is 7.77. The normalized spacial score (nSPS) is 10.6. The molecule has 0 spiro atoms. The van der Waals surface area contributed by atoms with Crippen LogP contribution in [0, 0.1) is 0 Å². The molecule has 0 saturated heterocycles. The van der Waals surface area contributed by atoms with E-state index in [0.717, 1.165) is 24.3 Å². The quantitative estimate of drug-likeness (QED) is 0.810. The number of benzene rings is 1. The third kappa shape index (κ3) is 2.64. The number of aryl methyl sites for hydroxylation is 1. The van der Waals surface area contributed by atoms with Crippen molar-refractivity contribution in [2.75, 3.05) is 7.11 Å². The van der Waals surface area contributed by atoms with Crippen LogP contribution in [0.3, 0.4) is 0 Å². The summed E-state index contributed by atoms with van der Waals surface area (Å²) in [6.07, 6.45) is 4.63. The predicted octanol–water partition coefficient (Wildman–Crippen LogP) is 2.12. The van der Waals surface area contributed by atoms with Gasteiger partial charge in [-0.1, -0.05) is 19.1 Å². The second-order valence-electron chi connectivity index (χ2n) is 4.25. The maximum Gasteiger partial charge on any atom is 0.328 e. The minimum atomic E-state index is 0.0414. The van der Waals surface area contributed by atoms with Crippen molar-refractivity contribution in [3.8, 4) is 5.75 Å². The van der Waals surface area contributed by atoms with Gasteiger partial charge in [-0.15, -0.1) is 0 Å². The van der Waals surface area contributed by atoms with Crippen LogP contribution < -0.4 is 10.4 Å². The van der Waals surface area contributed by atoms with Crippen LogP contribution in [0.5, 0.6) is 5.75 Å². The molecule has 0 N–H and O–H groups in total. The molecule has 4 heteroatoms. The Morgan fingerprint density at radius 2 is 2.00 bits per heavy atom. The molecule has 0 radical (unpaired) electrons. The van der Waals surface area contributed by atoms with Gasteiger partial charge in [0.15, 0.2) is 0 Å². The molecule has 4 nitrogen and oxygen atoms in total. The Morgan fingerprint density at radius 3 is 2.72 bits per heavy atom. The van der Waals surface area contributed by atoms with Gasteiger partial charge in [0.1, 0.15) is 5.75 Å². The summed E-state index contributed by atoms with van der Waals surface area (Å²) in [5.74, 6) is 0.813. The zero-order valence-corrected chi connectivity index (χ0v) is 10.8. The van der Waals surface area contributed by atoms with Crippen molar-refractivity contribution in [1.29, 1.82) is 0 Å².